The van der Waals surface area contributed by atoms with Crippen molar-refractivity contribution < 1.29 is 9.53 Å². The molecule has 1 aliphatic rings. The lowest BCUT2D eigenvalue weighted by Gasteiger charge is -2.38. The Labute approximate surface area is 152 Å². The molecular formula is C19H31ClN2O2. The average Bonchev–Trinajstić information content (AvgIpc) is 2.54. The summed E-state index contributed by atoms with van der Waals surface area (Å²) in [6.07, 6.45) is 3.70. The van der Waals surface area contributed by atoms with Crippen LogP contribution in [0.3, 0.4) is 0 Å². The normalized spacial score (nSPS) is 18.9. The number of nitrogens with zero attached hydrogens (tertiary/aromatic N) is 1. The van der Waals surface area contributed by atoms with E-state index in [1.807, 2.05) is 36.1 Å². The molecule has 2 unspecified atom stereocenters. The summed E-state index contributed by atoms with van der Waals surface area (Å²) in [5, 5.41) is 0. The predicted molar refractivity (Wildman–Crippen MR) is 101 cm³/mol. The van der Waals surface area contributed by atoms with Crippen LogP contribution in [-0.2, 0) is 11.2 Å². The second-order valence-corrected chi connectivity index (χ2v) is 7.03. The molecule has 1 heterocycles. The first-order valence-electron chi connectivity index (χ1n) is 8.74. The number of rotatable bonds is 6. The van der Waals surface area contributed by atoms with Gasteiger partial charge in [-0.15, -0.1) is 12.4 Å². The smallest absolute Gasteiger partial charge is 0.227 e. The quantitative estimate of drug-likeness (QED) is 0.851. The molecule has 0 saturated carbocycles. The highest BCUT2D eigenvalue weighted by atomic mass is 35.5. The first-order chi connectivity index (χ1) is 11.0. The Bertz CT molecular complexity index is 503. The Hall–Kier alpha value is -1.26. The maximum atomic E-state index is 12.6. The number of hydrogen-bond donors (Lipinski definition) is 1. The van der Waals surface area contributed by atoms with Crippen molar-refractivity contribution in [3.8, 4) is 5.75 Å². The van der Waals surface area contributed by atoms with Crippen molar-refractivity contribution in [3.05, 3.63) is 29.8 Å². The molecule has 1 amide bonds. The SMILES string of the molecule is CC(C)COc1ccc(CC(=O)N2CCCCC2C(C)N)cc1.Cl. The second kappa shape index (κ2) is 9.90. The molecule has 2 N–H and O–H groups in total. The highest BCUT2D eigenvalue weighted by molar-refractivity contribution is 5.85. The van der Waals surface area contributed by atoms with Crippen LogP contribution in [0, 0.1) is 5.92 Å². The average molecular weight is 355 g/mol. The fraction of sp³-hybridized carbons (Fsp3) is 0.632. The molecule has 0 spiro atoms. The molecule has 1 aromatic rings. The molecule has 4 nitrogen and oxygen atoms in total. The van der Waals surface area contributed by atoms with Crippen LogP contribution in [-0.4, -0.2) is 36.0 Å². The van der Waals surface area contributed by atoms with Gasteiger partial charge >= 0.3 is 0 Å². The monoisotopic (exact) mass is 354 g/mol. The van der Waals surface area contributed by atoms with Gasteiger partial charge in [0.25, 0.3) is 0 Å². The molecule has 136 valence electrons. The van der Waals surface area contributed by atoms with Crippen LogP contribution < -0.4 is 10.5 Å². The largest absolute Gasteiger partial charge is 0.493 e. The lowest BCUT2D eigenvalue weighted by atomic mass is 9.96. The van der Waals surface area contributed by atoms with Gasteiger partial charge in [-0.1, -0.05) is 26.0 Å². The number of piperidine rings is 1. The van der Waals surface area contributed by atoms with E-state index in [4.69, 9.17) is 10.5 Å². The molecule has 1 aromatic carbocycles. The maximum Gasteiger partial charge on any atom is 0.227 e. The van der Waals surface area contributed by atoms with Crippen LogP contribution >= 0.6 is 12.4 Å². The van der Waals surface area contributed by atoms with Crippen molar-refractivity contribution >= 4 is 18.3 Å². The van der Waals surface area contributed by atoms with Crippen LogP contribution in [0.15, 0.2) is 24.3 Å². The van der Waals surface area contributed by atoms with E-state index in [1.165, 1.54) is 0 Å². The topological polar surface area (TPSA) is 55.6 Å². The zero-order chi connectivity index (χ0) is 16.8. The number of halogens is 1. The number of ether oxygens (including phenoxy) is 1. The molecule has 0 bridgehead atoms. The summed E-state index contributed by atoms with van der Waals surface area (Å²) >= 11 is 0. The zero-order valence-electron chi connectivity index (χ0n) is 15.0. The van der Waals surface area contributed by atoms with Gasteiger partial charge in [-0.25, -0.2) is 0 Å². The summed E-state index contributed by atoms with van der Waals surface area (Å²) in [6.45, 7) is 7.79. The molecule has 24 heavy (non-hydrogen) atoms. The molecule has 0 aromatic heterocycles. The molecule has 2 rings (SSSR count). The third-order valence-electron chi connectivity index (χ3n) is 4.34. The van der Waals surface area contributed by atoms with Crippen molar-refractivity contribution in [3.63, 3.8) is 0 Å². The number of nitrogens with two attached hydrogens (primary N) is 1. The van der Waals surface area contributed by atoms with Crippen molar-refractivity contribution in [2.24, 2.45) is 11.7 Å². The van der Waals surface area contributed by atoms with Crippen LogP contribution in [0.2, 0.25) is 0 Å². The van der Waals surface area contributed by atoms with Crippen molar-refractivity contribution in [1.29, 1.82) is 0 Å². The van der Waals surface area contributed by atoms with Gasteiger partial charge in [-0.05, 0) is 49.8 Å². The summed E-state index contributed by atoms with van der Waals surface area (Å²) in [4.78, 5) is 14.6. The van der Waals surface area contributed by atoms with Gasteiger partial charge in [0, 0.05) is 18.6 Å². The zero-order valence-corrected chi connectivity index (χ0v) is 15.8. The highest BCUT2D eigenvalue weighted by Gasteiger charge is 2.28. The number of likely N-dealkylation sites (tertiary alicyclic amines) is 1. The highest BCUT2D eigenvalue weighted by Crippen LogP contribution is 2.21. The first kappa shape index (κ1) is 20.8. The predicted octanol–water partition coefficient (Wildman–Crippen LogP) is 3.41. The van der Waals surface area contributed by atoms with E-state index in [2.05, 4.69) is 13.8 Å². The molecule has 2 atom stereocenters. The van der Waals surface area contributed by atoms with E-state index in [0.29, 0.717) is 18.9 Å². The lowest BCUT2D eigenvalue weighted by Crippen LogP contribution is -2.52. The third kappa shape index (κ3) is 5.99. The van der Waals surface area contributed by atoms with Crippen molar-refractivity contribution in [1.82, 2.24) is 4.90 Å². The molecule has 1 saturated heterocycles. The van der Waals surface area contributed by atoms with Gasteiger partial charge < -0.3 is 15.4 Å². The fourth-order valence-corrected chi connectivity index (χ4v) is 3.06. The van der Waals surface area contributed by atoms with E-state index in [1.54, 1.807) is 0 Å². The minimum Gasteiger partial charge on any atom is -0.493 e. The minimum absolute atomic E-state index is 0. The second-order valence-electron chi connectivity index (χ2n) is 7.03. The van der Waals surface area contributed by atoms with E-state index >= 15 is 0 Å². The molecule has 0 aliphatic carbocycles. The number of carbonyl (C=O) groups excluding carboxylic acids is 1. The molecule has 1 fully saturated rings. The Balaban J connectivity index is 0.00000288. The van der Waals surface area contributed by atoms with Crippen LogP contribution in [0.5, 0.6) is 5.75 Å². The maximum absolute atomic E-state index is 12.6. The summed E-state index contributed by atoms with van der Waals surface area (Å²) in [5.41, 5.74) is 7.08. The van der Waals surface area contributed by atoms with Gasteiger partial charge in [0.1, 0.15) is 5.75 Å². The molecule has 5 heteroatoms. The van der Waals surface area contributed by atoms with Gasteiger partial charge in [0.15, 0.2) is 0 Å². The minimum atomic E-state index is 0. The van der Waals surface area contributed by atoms with E-state index in [-0.39, 0.29) is 30.4 Å². The number of hydrogen-bond acceptors (Lipinski definition) is 3. The standard InChI is InChI=1S/C19H30N2O2.ClH/c1-14(2)13-23-17-9-7-16(8-10-17)12-19(22)21-11-5-4-6-18(21)15(3)20;/h7-10,14-15,18H,4-6,11-13,20H2,1-3H3;1H. The number of benzene rings is 1. The van der Waals surface area contributed by atoms with E-state index in [0.717, 1.165) is 37.1 Å². The Morgan fingerprint density at radius 3 is 2.50 bits per heavy atom. The molecular weight excluding hydrogens is 324 g/mol. The third-order valence-corrected chi connectivity index (χ3v) is 4.34. The molecule has 0 radical (unpaired) electrons. The van der Waals surface area contributed by atoms with Crippen LogP contribution in [0.1, 0.15) is 45.6 Å². The van der Waals surface area contributed by atoms with Crippen molar-refractivity contribution in [2.45, 2.75) is 58.5 Å². The lowest BCUT2D eigenvalue weighted by molar-refractivity contribution is -0.134. The van der Waals surface area contributed by atoms with Crippen LogP contribution in [0.4, 0.5) is 0 Å². The Morgan fingerprint density at radius 1 is 1.25 bits per heavy atom. The van der Waals surface area contributed by atoms with E-state index < -0.39 is 0 Å². The Kier molecular flexibility index (Phi) is 8.57. The van der Waals surface area contributed by atoms with Crippen LogP contribution in [0.25, 0.3) is 0 Å². The number of carbonyl (C=O) groups is 1. The summed E-state index contributed by atoms with van der Waals surface area (Å²) < 4.78 is 5.68. The Morgan fingerprint density at radius 2 is 1.92 bits per heavy atom. The summed E-state index contributed by atoms with van der Waals surface area (Å²) in [7, 11) is 0. The molecule has 1 aliphatic heterocycles. The number of amides is 1. The van der Waals surface area contributed by atoms with Gasteiger partial charge in [-0.2, -0.15) is 0 Å². The fourth-order valence-electron chi connectivity index (χ4n) is 3.06. The van der Waals surface area contributed by atoms with Gasteiger partial charge in [-0.3, -0.25) is 4.79 Å². The van der Waals surface area contributed by atoms with E-state index in [9.17, 15) is 4.79 Å². The summed E-state index contributed by atoms with van der Waals surface area (Å²) in [6, 6.07) is 8.08. The van der Waals surface area contributed by atoms with Gasteiger partial charge in [0.2, 0.25) is 5.91 Å². The van der Waals surface area contributed by atoms with Crippen molar-refractivity contribution in [2.75, 3.05) is 13.2 Å². The van der Waals surface area contributed by atoms with Gasteiger partial charge in [0.05, 0.1) is 13.0 Å². The first-order valence-corrected chi connectivity index (χ1v) is 8.74. The summed E-state index contributed by atoms with van der Waals surface area (Å²) in [5.74, 6) is 1.55.